The van der Waals surface area contributed by atoms with Crippen LogP contribution in [0, 0.1) is 0 Å². The van der Waals surface area contributed by atoms with Gasteiger partial charge in [0.15, 0.2) is 5.75 Å². The van der Waals surface area contributed by atoms with Gasteiger partial charge in [-0.15, -0.1) is 0 Å². The third kappa shape index (κ3) is 3.11. The first-order chi connectivity index (χ1) is 6.74. The van der Waals surface area contributed by atoms with Crippen molar-refractivity contribution in [2.75, 3.05) is 6.61 Å². The van der Waals surface area contributed by atoms with Gasteiger partial charge in [0.25, 0.3) is 0 Å². The molecule has 0 heterocycles. The Hall–Kier alpha value is -1.48. The quantitative estimate of drug-likeness (QED) is 0.439. The van der Waals surface area contributed by atoms with E-state index in [1.165, 1.54) is 6.08 Å². The number of benzene rings is 1. The van der Waals surface area contributed by atoms with E-state index in [-0.39, 0.29) is 12.4 Å². The molecule has 0 fully saturated rings. The lowest BCUT2D eigenvalue weighted by molar-refractivity contribution is 0.109. The first-order valence-electron chi connectivity index (χ1n) is 3.94. The van der Waals surface area contributed by atoms with Gasteiger partial charge >= 0.3 is 6.16 Å². The van der Waals surface area contributed by atoms with Crippen molar-refractivity contribution in [1.29, 1.82) is 0 Å². The summed E-state index contributed by atoms with van der Waals surface area (Å²) >= 11 is 5.75. The maximum atomic E-state index is 11.0. The van der Waals surface area contributed by atoms with E-state index >= 15 is 0 Å². The number of carbonyl (C=O) groups excluding carboxylic acids is 1. The molecule has 0 aliphatic rings. The normalized spacial score (nSPS) is 9.21. The Morgan fingerprint density at radius 1 is 1.50 bits per heavy atom. The van der Waals surface area contributed by atoms with Crippen molar-refractivity contribution >= 4 is 17.8 Å². The van der Waals surface area contributed by atoms with Crippen LogP contribution in [-0.4, -0.2) is 12.8 Å². The van der Waals surface area contributed by atoms with Crippen molar-refractivity contribution in [3.8, 4) is 5.75 Å². The number of halogens is 1. The number of ether oxygens (including phenoxy) is 2. The Balaban J connectivity index is 2.56. The van der Waals surface area contributed by atoms with Gasteiger partial charge in [0, 0.05) is 0 Å². The van der Waals surface area contributed by atoms with Gasteiger partial charge in [-0.1, -0.05) is 36.4 Å². The van der Waals surface area contributed by atoms with Gasteiger partial charge in [-0.3, -0.25) is 0 Å². The molecule has 0 aromatic heterocycles. The molecule has 14 heavy (non-hydrogen) atoms. The Kier molecular flexibility index (Phi) is 4.01. The van der Waals surface area contributed by atoms with E-state index < -0.39 is 6.16 Å². The van der Waals surface area contributed by atoms with Crippen LogP contribution in [-0.2, 0) is 4.74 Å². The molecule has 1 aromatic rings. The first-order valence-corrected chi connectivity index (χ1v) is 4.32. The van der Waals surface area contributed by atoms with E-state index in [9.17, 15) is 4.79 Å². The molecule has 0 amide bonds. The average molecular weight is 213 g/mol. The minimum absolute atomic E-state index is 0.114. The van der Waals surface area contributed by atoms with Crippen molar-refractivity contribution in [2.45, 2.75) is 0 Å². The molecule has 0 saturated heterocycles. The Morgan fingerprint density at radius 3 is 2.86 bits per heavy atom. The topological polar surface area (TPSA) is 35.5 Å². The van der Waals surface area contributed by atoms with Crippen LogP contribution in [0.3, 0.4) is 0 Å². The zero-order valence-electron chi connectivity index (χ0n) is 7.40. The third-order valence-corrected chi connectivity index (χ3v) is 1.66. The third-order valence-electron chi connectivity index (χ3n) is 1.35. The highest BCUT2D eigenvalue weighted by Crippen LogP contribution is 2.23. The van der Waals surface area contributed by atoms with E-state index in [2.05, 4.69) is 11.3 Å². The number of carbonyl (C=O) groups is 1. The molecule has 0 aliphatic carbocycles. The molecule has 0 atom stereocenters. The second-order valence-electron chi connectivity index (χ2n) is 2.38. The summed E-state index contributed by atoms with van der Waals surface area (Å²) in [6.45, 7) is 3.51. The van der Waals surface area contributed by atoms with E-state index in [1.807, 2.05) is 0 Å². The number of para-hydroxylation sites is 1. The number of hydrogen-bond donors (Lipinski definition) is 0. The predicted octanol–water partition coefficient (Wildman–Crippen LogP) is 3.04. The zero-order valence-corrected chi connectivity index (χ0v) is 8.16. The molecule has 1 aromatic carbocycles. The fraction of sp³-hybridized carbons (Fsp3) is 0.100. The molecule has 0 N–H and O–H groups in total. The van der Waals surface area contributed by atoms with E-state index in [4.69, 9.17) is 16.3 Å². The predicted molar refractivity (Wildman–Crippen MR) is 53.6 cm³/mol. The average Bonchev–Trinajstić information content (AvgIpc) is 2.18. The fourth-order valence-electron chi connectivity index (χ4n) is 0.774. The van der Waals surface area contributed by atoms with Crippen molar-refractivity contribution in [3.05, 3.63) is 41.9 Å². The highest BCUT2D eigenvalue weighted by atomic mass is 35.5. The summed E-state index contributed by atoms with van der Waals surface area (Å²) in [7, 11) is 0. The SMILES string of the molecule is C=CCOC(=O)Oc1ccccc1Cl. The maximum Gasteiger partial charge on any atom is 0.514 e. The van der Waals surface area contributed by atoms with Crippen LogP contribution in [0.4, 0.5) is 4.79 Å². The molecule has 3 nitrogen and oxygen atoms in total. The van der Waals surface area contributed by atoms with Gasteiger partial charge < -0.3 is 9.47 Å². The van der Waals surface area contributed by atoms with E-state index in [1.54, 1.807) is 24.3 Å². The second kappa shape index (κ2) is 5.29. The molecule has 1 rings (SSSR count). The van der Waals surface area contributed by atoms with E-state index in [0.29, 0.717) is 5.02 Å². The van der Waals surface area contributed by atoms with Gasteiger partial charge in [0.05, 0.1) is 5.02 Å². The second-order valence-corrected chi connectivity index (χ2v) is 2.79. The molecule has 4 heteroatoms. The Morgan fingerprint density at radius 2 is 2.21 bits per heavy atom. The molecule has 0 radical (unpaired) electrons. The highest BCUT2D eigenvalue weighted by Gasteiger charge is 2.07. The Bertz CT molecular complexity index is 336. The van der Waals surface area contributed by atoms with Crippen LogP contribution in [0.15, 0.2) is 36.9 Å². The van der Waals surface area contributed by atoms with E-state index in [0.717, 1.165) is 0 Å². The number of rotatable bonds is 3. The van der Waals surface area contributed by atoms with Crippen molar-refractivity contribution < 1.29 is 14.3 Å². The van der Waals surface area contributed by atoms with Crippen LogP contribution in [0.2, 0.25) is 5.02 Å². The summed E-state index contributed by atoms with van der Waals surface area (Å²) in [6, 6.07) is 6.65. The molecule has 0 spiro atoms. The maximum absolute atomic E-state index is 11.0. The van der Waals surface area contributed by atoms with Gasteiger partial charge in [-0.2, -0.15) is 0 Å². The summed E-state index contributed by atoms with van der Waals surface area (Å²) in [5.41, 5.74) is 0. The largest absolute Gasteiger partial charge is 0.514 e. The molecular weight excluding hydrogens is 204 g/mol. The number of hydrogen-bond acceptors (Lipinski definition) is 3. The first kappa shape index (κ1) is 10.6. The fourth-order valence-corrected chi connectivity index (χ4v) is 0.948. The lowest BCUT2D eigenvalue weighted by Gasteiger charge is -2.04. The van der Waals surface area contributed by atoms with Crippen molar-refractivity contribution in [1.82, 2.24) is 0 Å². The summed E-state index contributed by atoms with van der Waals surface area (Å²) in [4.78, 5) is 11.0. The summed E-state index contributed by atoms with van der Waals surface area (Å²) in [5, 5.41) is 0.364. The summed E-state index contributed by atoms with van der Waals surface area (Å²) < 4.78 is 9.42. The molecule has 74 valence electrons. The van der Waals surface area contributed by atoms with Crippen molar-refractivity contribution in [2.24, 2.45) is 0 Å². The van der Waals surface area contributed by atoms with Gasteiger partial charge in [0.1, 0.15) is 6.61 Å². The van der Waals surface area contributed by atoms with Gasteiger partial charge in [0.2, 0.25) is 0 Å². The van der Waals surface area contributed by atoms with Crippen LogP contribution in [0.1, 0.15) is 0 Å². The lowest BCUT2D eigenvalue weighted by atomic mass is 10.3. The standard InChI is InChI=1S/C10H9ClO3/c1-2-7-13-10(12)14-9-6-4-3-5-8(9)11/h2-6H,1,7H2. The van der Waals surface area contributed by atoms with Gasteiger partial charge in [-0.25, -0.2) is 4.79 Å². The Labute approximate surface area is 86.9 Å². The van der Waals surface area contributed by atoms with Crippen LogP contribution >= 0.6 is 11.6 Å². The molecule has 0 bridgehead atoms. The van der Waals surface area contributed by atoms with Gasteiger partial charge in [-0.05, 0) is 12.1 Å². The minimum Gasteiger partial charge on any atom is -0.430 e. The summed E-state index contributed by atoms with van der Waals surface area (Å²) in [5.74, 6) is 0.281. The monoisotopic (exact) mass is 212 g/mol. The van der Waals surface area contributed by atoms with Crippen LogP contribution < -0.4 is 4.74 Å². The smallest absolute Gasteiger partial charge is 0.430 e. The molecular formula is C10H9ClO3. The molecule has 0 unspecified atom stereocenters. The molecule has 0 saturated carbocycles. The zero-order chi connectivity index (χ0) is 10.4. The summed E-state index contributed by atoms with van der Waals surface area (Å²) in [6.07, 6.45) is 0.659. The highest BCUT2D eigenvalue weighted by molar-refractivity contribution is 6.32. The lowest BCUT2D eigenvalue weighted by Crippen LogP contribution is -2.10. The molecule has 0 aliphatic heterocycles. The van der Waals surface area contributed by atoms with Crippen LogP contribution in [0.5, 0.6) is 5.75 Å². The van der Waals surface area contributed by atoms with Crippen LogP contribution in [0.25, 0.3) is 0 Å². The minimum atomic E-state index is -0.794. The van der Waals surface area contributed by atoms with Crippen molar-refractivity contribution in [3.63, 3.8) is 0 Å².